The molecule has 1 aliphatic rings. The molecule has 16 heavy (non-hydrogen) atoms. The van der Waals surface area contributed by atoms with Gasteiger partial charge in [-0.25, -0.2) is 4.39 Å². The Balaban J connectivity index is 2.05. The fraction of sp³-hybridized carbons (Fsp3) is 0.500. The maximum atomic E-state index is 13.2. The van der Waals surface area contributed by atoms with Crippen molar-refractivity contribution in [1.29, 1.82) is 0 Å². The van der Waals surface area contributed by atoms with Gasteiger partial charge in [0.25, 0.3) is 0 Å². The van der Waals surface area contributed by atoms with E-state index in [0.29, 0.717) is 19.1 Å². The smallest absolute Gasteiger partial charge is 0.124 e. The van der Waals surface area contributed by atoms with Crippen molar-refractivity contribution in [3.05, 3.63) is 34.1 Å². The highest BCUT2D eigenvalue weighted by Gasteiger charge is 2.28. The highest BCUT2D eigenvalue weighted by atomic mass is 79.9. The Labute approximate surface area is 103 Å². The minimum absolute atomic E-state index is 0.160. The van der Waals surface area contributed by atoms with E-state index in [1.165, 1.54) is 18.9 Å². The van der Waals surface area contributed by atoms with Crippen LogP contribution in [0.25, 0.3) is 0 Å². The number of hydrogen-bond acceptors (Lipinski definition) is 2. The van der Waals surface area contributed by atoms with E-state index in [9.17, 15) is 4.39 Å². The number of rotatable bonds is 5. The molecule has 0 atom stereocenters. The van der Waals surface area contributed by atoms with Gasteiger partial charge in [-0.05, 0) is 36.6 Å². The summed E-state index contributed by atoms with van der Waals surface area (Å²) in [7, 11) is 0. The lowest BCUT2D eigenvalue weighted by Gasteiger charge is -2.20. The number of aliphatic hydroxyl groups excluding tert-OH is 1. The lowest BCUT2D eigenvalue weighted by molar-refractivity contribution is 0.183. The van der Waals surface area contributed by atoms with Crippen molar-refractivity contribution in [2.24, 2.45) is 0 Å². The summed E-state index contributed by atoms with van der Waals surface area (Å²) in [5.41, 5.74) is 0.951. The van der Waals surface area contributed by atoms with Gasteiger partial charge in [-0.3, -0.25) is 4.90 Å². The summed E-state index contributed by atoms with van der Waals surface area (Å²) in [6.45, 7) is 1.54. The van der Waals surface area contributed by atoms with E-state index < -0.39 is 0 Å². The van der Waals surface area contributed by atoms with Crippen molar-refractivity contribution >= 4 is 15.9 Å². The van der Waals surface area contributed by atoms with Crippen LogP contribution in [0.5, 0.6) is 0 Å². The largest absolute Gasteiger partial charge is 0.395 e. The van der Waals surface area contributed by atoms with Crippen molar-refractivity contribution in [2.75, 3.05) is 13.2 Å². The first-order valence-electron chi connectivity index (χ1n) is 5.49. The standard InChI is InChI=1S/C12H15BrFNO/c13-10-5-9(6-11(14)7-10)8-15(3-4-16)12-1-2-12/h5-7,12,16H,1-4,8H2. The molecule has 88 valence electrons. The molecule has 0 radical (unpaired) electrons. The van der Waals surface area contributed by atoms with Crippen LogP contribution in [-0.2, 0) is 6.54 Å². The SMILES string of the molecule is OCCN(Cc1cc(F)cc(Br)c1)C1CC1. The maximum Gasteiger partial charge on any atom is 0.124 e. The molecule has 1 aliphatic carbocycles. The van der Waals surface area contributed by atoms with Crippen LogP contribution >= 0.6 is 15.9 Å². The predicted molar refractivity (Wildman–Crippen MR) is 64.6 cm³/mol. The summed E-state index contributed by atoms with van der Waals surface area (Å²) < 4.78 is 13.9. The average molecular weight is 288 g/mol. The van der Waals surface area contributed by atoms with Crippen molar-refractivity contribution < 1.29 is 9.50 Å². The molecule has 2 rings (SSSR count). The van der Waals surface area contributed by atoms with Crippen molar-refractivity contribution in [1.82, 2.24) is 4.90 Å². The number of benzene rings is 1. The second kappa shape index (κ2) is 5.25. The minimum Gasteiger partial charge on any atom is -0.395 e. The molecule has 4 heteroatoms. The van der Waals surface area contributed by atoms with Crippen LogP contribution in [0, 0.1) is 5.82 Å². The molecular weight excluding hydrogens is 273 g/mol. The topological polar surface area (TPSA) is 23.5 Å². The summed E-state index contributed by atoms with van der Waals surface area (Å²) >= 11 is 3.29. The lowest BCUT2D eigenvalue weighted by atomic mass is 10.2. The van der Waals surface area contributed by atoms with Crippen LogP contribution in [0.15, 0.2) is 22.7 Å². The Hall–Kier alpha value is -0.450. The molecule has 0 spiro atoms. The van der Waals surface area contributed by atoms with Gasteiger partial charge >= 0.3 is 0 Å². The van der Waals surface area contributed by atoms with E-state index in [4.69, 9.17) is 5.11 Å². The Morgan fingerprint density at radius 3 is 2.69 bits per heavy atom. The van der Waals surface area contributed by atoms with Gasteiger partial charge in [-0.2, -0.15) is 0 Å². The first kappa shape index (κ1) is 12.0. The minimum atomic E-state index is -0.218. The molecular formula is C12H15BrFNO. The van der Waals surface area contributed by atoms with Gasteiger partial charge in [-0.1, -0.05) is 15.9 Å². The highest BCUT2D eigenvalue weighted by Crippen LogP contribution is 2.28. The van der Waals surface area contributed by atoms with Gasteiger partial charge < -0.3 is 5.11 Å². The van der Waals surface area contributed by atoms with E-state index >= 15 is 0 Å². The lowest BCUT2D eigenvalue weighted by Crippen LogP contribution is -2.28. The van der Waals surface area contributed by atoms with Crippen LogP contribution in [0.4, 0.5) is 4.39 Å². The Bertz CT molecular complexity index is 348. The molecule has 0 bridgehead atoms. The maximum absolute atomic E-state index is 13.2. The third-order valence-electron chi connectivity index (χ3n) is 2.76. The second-order valence-electron chi connectivity index (χ2n) is 4.20. The van der Waals surface area contributed by atoms with E-state index in [1.807, 2.05) is 6.07 Å². The zero-order chi connectivity index (χ0) is 11.5. The first-order valence-corrected chi connectivity index (χ1v) is 6.28. The van der Waals surface area contributed by atoms with Crippen molar-refractivity contribution in [3.63, 3.8) is 0 Å². The molecule has 1 aromatic carbocycles. The summed E-state index contributed by atoms with van der Waals surface area (Å²) in [5, 5.41) is 8.98. The summed E-state index contributed by atoms with van der Waals surface area (Å²) in [5.74, 6) is -0.218. The van der Waals surface area contributed by atoms with Gasteiger partial charge in [0.2, 0.25) is 0 Å². The van der Waals surface area contributed by atoms with Crippen molar-refractivity contribution in [2.45, 2.75) is 25.4 Å². The first-order chi connectivity index (χ1) is 7.69. The summed E-state index contributed by atoms with van der Waals surface area (Å²) in [4.78, 5) is 2.21. The van der Waals surface area contributed by atoms with E-state index in [-0.39, 0.29) is 12.4 Å². The van der Waals surface area contributed by atoms with Crippen LogP contribution in [0.1, 0.15) is 18.4 Å². The van der Waals surface area contributed by atoms with Crippen LogP contribution in [0.3, 0.4) is 0 Å². The van der Waals surface area contributed by atoms with Crippen LogP contribution in [-0.4, -0.2) is 29.2 Å². The Kier molecular flexibility index (Phi) is 3.95. The van der Waals surface area contributed by atoms with E-state index in [1.54, 1.807) is 6.07 Å². The molecule has 0 aliphatic heterocycles. The molecule has 2 nitrogen and oxygen atoms in total. The van der Waals surface area contributed by atoms with Gasteiger partial charge in [0.15, 0.2) is 0 Å². The van der Waals surface area contributed by atoms with Gasteiger partial charge in [0.1, 0.15) is 5.82 Å². The number of halogens is 2. The fourth-order valence-electron chi connectivity index (χ4n) is 1.90. The Morgan fingerprint density at radius 2 is 2.12 bits per heavy atom. The molecule has 0 amide bonds. The van der Waals surface area contributed by atoms with E-state index in [2.05, 4.69) is 20.8 Å². The molecule has 1 N–H and O–H groups in total. The van der Waals surface area contributed by atoms with Crippen molar-refractivity contribution in [3.8, 4) is 0 Å². The van der Waals surface area contributed by atoms with Crippen LogP contribution in [0.2, 0.25) is 0 Å². The third-order valence-corrected chi connectivity index (χ3v) is 3.22. The van der Waals surface area contributed by atoms with Gasteiger partial charge in [-0.15, -0.1) is 0 Å². The Morgan fingerprint density at radius 1 is 1.38 bits per heavy atom. The third kappa shape index (κ3) is 3.27. The molecule has 1 aromatic rings. The molecule has 1 saturated carbocycles. The number of hydrogen-bond donors (Lipinski definition) is 1. The average Bonchev–Trinajstić information content (AvgIpc) is 2.98. The molecule has 0 heterocycles. The van der Waals surface area contributed by atoms with Gasteiger partial charge in [0.05, 0.1) is 6.61 Å². The summed E-state index contributed by atoms with van der Waals surface area (Å²) in [6, 6.07) is 5.51. The zero-order valence-electron chi connectivity index (χ0n) is 9.00. The number of aliphatic hydroxyl groups is 1. The van der Waals surface area contributed by atoms with Crippen LogP contribution < -0.4 is 0 Å². The normalized spacial score (nSPS) is 15.8. The zero-order valence-corrected chi connectivity index (χ0v) is 10.6. The molecule has 0 aromatic heterocycles. The predicted octanol–water partition coefficient (Wildman–Crippen LogP) is 2.54. The highest BCUT2D eigenvalue weighted by molar-refractivity contribution is 9.10. The van der Waals surface area contributed by atoms with Gasteiger partial charge in [0, 0.05) is 23.6 Å². The van der Waals surface area contributed by atoms with E-state index in [0.717, 1.165) is 10.0 Å². The second-order valence-corrected chi connectivity index (χ2v) is 5.12. The molecule has 1 fully saturated rings. The number of nitrogens with zero attached hydrogens (tertiary/aromatic N) is 1. The quantitative estimate of drug-likeness (QED) is 0.900. The fourth-order valence-corrected chi connectivity index (χ4v) is 2.41. The molecule has 0 saturated heterocycles. The monoisotopic (exact) mass is 287 g/mol. The summed E-state index contributed by atoms with van der Waals surface area (Å²) in [6.07, 6.45) is 2.38. The molecule has 0 unspecified atom stereocenters.